The minimum atomic E-state index is -4.97. The summed E-state index contributed by atoms with van der Waals surface area (Å²) in [6, 6.07) is 0. The molecule has 0 radical (unpaired) electrons. The summed E-state index contributed by atoms with van der Waals surface area (Å²) in [6.07, 6.45) is 72.1. The van der Waals surface area contributed by atoms with Crippen LogP contribution >= 0.6 is 15.6 Å². The van der Waals surface area contributed by atoms with E-state index in [9.17, 15) is 43.2 Å². The van der Waals surface area contributed by atoms with Gasteiger partial charge in [-0.25, -0.2) is 9.13 Å². The molecule has 0 aliphatic rings. The fourth-order valence-corrected chi connectivity index (χ4v) is 15.7. The van der Waals surface area contributed by atoms with E-state index in [0.717, 1.165) is 108 Å². The molecule has 0 aromatic carbocycles. The molecule has 0 heterocycles. The van der Waals surface area contributed by atoms with Crippen molar-refractivity contribution in [1.82, 2.24) is 0 Å². The average molecular weight is 1590 g/mol. The van der Waals surface area contributed by atoms with Gasteiger partial charge in [0, 0.05) is 25.7 Å². The van der Waals surface area contributed by atoms with Crippen molar-refractivity contribution in [1.29, 1.82) is 0 Å². The van der Waals surface area contributed by atoms with E-state index in [1.165, 1.54) is 289 Å². The number of unbranched alkanes of at least 4 members (excludes halogenated alkanes) is 56. The zero-order chi connectivity index (χ0) is 80.0. The Morgan fingerprint density at radius 2 is 0.422 bits per heavy atom. The number of phosphoric acid groups is 2. The monoisotopic (exact) mass is 1590 g/mol. The second kappa shape index (κ2) is 79.9. The molecule has 0 aliphatic heterocycles. The van der Waals surface area contributed by atoms with Crippen LogP contribution in [0.25, 0.3) is 0 Å². The van der Waals surface area contributed by atoms with Gasteiger partial charge in [-0.2, -0.15) is 0 Å². The van der Waals surface area contributed by atoms with Crippen molar-refractivity contribution in [2.45, 2.75) is 497 Å². The Labute approximate surface area is 670 Å². The van der Waals surface area contributed by atoms with E-state index in [0.29, 0.717) is 25.7 Å². The maximum atomic E-state index is 13.2. The Morgan fingerprint density at radius 1 is 0.248 bits per heavy atom. The molecule has 0 aromatic rings. The SMILES string of the molecule is CCCCCCCCCCCCCCC(=O)OC[C@H](COP(=O)(O)OC[C@H](O)COP(=O)(O)OC[C@@H](COC(=O)CCCCCCCCCCCCCCCCCC(C)C)OC(=O)CCCCCCCCCCCCCCCCCCCCC(C)C)OC(=O)CCCCCCCCCCCCCCCCCC(C)C. The van der Waals surface area contributed by atoms with Gasteiger partial charge >= 0.3 is 39.5 Å². The molecular formula is C90H176O17P2. The Balaban J connectivity index is 5.25. The summed E-state index contributed by atoms with van der Waals surface area (Å²) < 4.78 is 69.1. The molecule has 0 amide bonds. The maximum Gasteiger partial charge on any atom is 0.472 e. The number of hydrogen-bond donors (Lipinski definition) is 3. The molecule has 0 fully saturated rings. The summed E-state index contributed by atoms with van der Waals surface area (Å²) in [7, 11) is -9.94. The van der Waals surface area contributed by atoms with Crippen LogP contribution in [0.3, 0.4) is 0 Å². The van der Waals surface area contributed by atoms with Crippen LogP contribution in [0.2, 0.25) is 0 Å². The van der Waals surface area contributed by atoms with E-state index >= 15 is 0 Å². The van der Waals surface area contributed by atoms with E-state index in [1.54, 1.807) is 0 Å². The third-order valence-corrected chi connectivity index (χ3v) is 23.0. The number of carbonyl (C=O) groups excluding carboxylic acids is 4. The first kappa shape index (κ1) is 107. The van der Waals surface area contributed by atoms with Crippen LogP contribution in [-0.2, 0) is 65.4 Å². The number of carbonyl (C=O) groups is 4. The van der Waals surface area contributed by atoms with Gasteiger partial charge < -0.3 is 33.8 Å². The fourth-order valence-electron chi connectivity index (χ4n) is 14.1. The number of hydrogen-bond acceptors (Lipinski definition) is 15. The summed E-state index contributed by atoms with van der Waals surface area (Å²) in [5.41, 5.74) is 0. The van der Waals surface area contributed by atoms with E-state index in [-0.39, 0.29) is 25.7 Å². The molecule has 2 unspecified atom stereocenters. The first-order valence-electron chi connectivity index (χ1n) is 46.3. The molecular weight excluding hydrogens is 1410 g/mol. The maximum absolute atomic E-state index is 13.2. The predicted octanol–water partition coefficient (Wildman–Crippen LogP) is 27.6. The van der Waals surface area contributed by atoms with Crippen LogP contribution in [-0.4, -0.2) is 96.7 Å². The summed E-state index contributed by atoms with van der Waals surface area (Å²) in [5.74, 6) is 0.332. The van der Waals surface area contributed by atoms with Crippen molar-refractivity contribution in [3.63, 3.8) is 0 Å². The molecule has 17 nitrogen and oxygen atoms in total. The summed E-state index contributed by atoms with van der Waals surface area (Å²) in [5, 5.41) is 10.7. The predicted molar refractivity (Wildman–Crippen MR) is 451 cm³/mol. The van der Waals surface area contributed by atoms with Crippen molar-refractivity contribution in [2.24, 2.45) is 17.8 Å². The highest BCUT2D eigenvalue weighted by Crippen LogP contribution is 2.45. The largest absolute Gasteiger partial charge is 0.472 e. The lowest BCUT2D eigenvalue weighted by molar-refractivity contribution is -0.161. The van der Waals surface area contributed by atoms with Crippen molar-refractivity contribution in [3.8, 4) is 0 Å². The van der Waals surface area contributed by atoms with E-state index in [1.807, 2.05) is 0 Å². The zero-order valence-electron chi connectivity index (χ0n) is 72.0. The standard InChI is InChI=1S/C90H176O17P2/c1-8-9-10-11-12-13-14-36-43-50-57-64-71-87(92)100-77-85(106-90(95)74-67-60-53-46-39-32-26-20-23-29-35-42-49-56-63-70-83(6)7)79-104-108(96,97)102-75-84(91)76-103-109(98,99)105-80-86(78-101-88(93)72-65-58-51-44-37-30-25-19-22-28-34-41-48-55-62-69-82(4)5)107-89(94)73-66-59-52-45-38-31-24-18-16-15-17-21-27-33-40-47-54-61-68-81(2)3/h81-86,91H,8-80H2,1-7H3,(H,96,97)(H,98,99)/t84-,85+,86+/m0/s1. The molecule has 0 aromatic heterocycles. The number of aliphatic hydroxyl groups is 1. The molecule has 648 valence electrons. The highest BCUT2D eigenvalue weighted by molar-refractivity contribution is 7.47. The fraction of sp³-hybridized carbons (Fsp3) is 0.956. The van der Waals surface area contributed by atoms with Gasteiger partial charge in [-0.05, 0) is 43.4 Å². The van der Waals surface area contributed by atoms with Crippen LogP contribution in [0.4, 0.5) is 0 Å². The number of aliphatic hydroxyl groups excluding tert-OH is 1. The Bertz CT molecular complexity index is 2100. The van der Waals surface area contributed by atoms with Crippen LogP contribution in [0, 0.1) is 17.8 Å². The van der Waals surface area contributed by atoms with Crippen molar-refractivity contribution >= 4 is 39.5 Å². The second-order valence-corrected chi connectivity index (χ2v) is 36.7. The lowest BCUT2D eigenvalue weighted by Gasteiger charge is -2.21. The van der Waals surface area contributed by atoms with Gasteiger partial charge in [0.1, 0.15) is 19.3 Å². The van der Waals surface area contributed by atoms with Crippen molar-refractivity contribution in [3.05, 3.63) is 0 Å². The topological polar surface area (TPSA) is 237 Å². The molecule has 0 saturated heterocycles. The van der Waals surface area contributed by atoms with Crippen molar-refractivity contribution in [2.75, 3.05) is 39.6 Å². The van der Waals surface area contributed by atoms with Gasteiger partial charge in [-0.3, -0.25) is 37.3 Å². The van der Waals surface area contributed by atoms with Crippen LogP contribution in [0.5, 0.6) is 0 Å². The number of esters is 4. The van der Waals surface area contributed by atoms with Gasteiger partial charge in [0.2, 0.25) is 0 Å². The lowest BCUT2D eigenvalue weighted by Crippen LogP contribution is -2.30. The first-order valence-corrected chi connectivity index (χ1v) is 49.3. The number of ether oxygens (including phenoxy) is 4. The highest BCUT2D eigenvalue weighted by atomic mass is 31.2. The van der Waals surface area contributed by atoms with E-state index in [2.05, 4.69) is 48.5 Å². The second-order valence-electron chi connectivity index (χ2n) is 33.8. The van der Waals surface area contributed by atoms with Crippen molar-refractivity contribution < 1.29 is 80.2 Å². The van der Waals surface area contributed by atoms with Crippen LogP contribution < -0.4 is 0 Å². The first-order chi connectivity index (χ1) is 52.7. The molecule has 109 heavy (non-hydrogen) atoms. The normalized spacial score (nSPS) is 13.8. The smallest absolute Gasteiger partial charge is 0.462 e. The zero-order valence-corrected chi connectivity index (χ0v) is 73.8. The van der Waals surface area contributed by atoms with Gasteiger partial charge in [0.15, 0.2) is 12.2 Å². The van der Waals surface area contributed by atoms with Crippen LogP contribution in [0.15, 0.2) is 0 Å². The molecule has 5 atom stereocenters. The van der Waals surface area contributed by atoms with E-state index < -0.39 is 97.5 Å². The third-order valence-electron chi connectivity index (χ3n) is 21.1. The van der Waals surface area contributed by atoms with Crippen LogP contribution in [0.1, 0.15) is 479 Å². The minimum Gasteiger partial charge on any atom is -0.462 e. The summed E-state index contributed by atoms with van der Waals surface area (Å²) in [6.45, 7) is 12.1. The minimum absolute atomic E-state index is 0.108. The summed E-state index contributed by atoms with van der Waals surface area (Å²) >= 11 is 0. The molecule has 0 saturated carbocycles. The average Bonchev–Trinajstić information content (AvgIpc) is 0.893. The van der Waals surface area contributed by atoms with Gasteiger partial charge in [0.05, 0.1) is 26.4 Å². The third kappa shape index (κ3) is 83.8. The lowest BCUT2D eigenvalue weighted by atomic mass is 10.0. The Hall–Kier alpha value is -1.94. The Kier molecular flexibility index (Phi) is 78.5. The molecule has 0 spiro atoms. The summed E-state index contributed by atoms with van der Waals surface area (Å²) in [4.78, 5) is 73.4. The Morgan fingerprint density at radius 3 is 0.624 bits per heavy atom. The highest BCUT2D eigenvalue weighted by Gasteiger charge is 2.31. The molecule has 3 N–H and O–H groups in total. The quantitative estimate of drug-likeness (QED) is 0.0222. The van der Waals surface area contributed by atoms with Gasteiger partial charge in [-0.1, -0.05) is 427 Å². The number of rotatable bonds is 88. The number of phosphoric ester groups is 2. The van der Waals surface area contributed by atoms with Gasteiger partial charge in [0.25, 0.3) is 0 Å². The van der Waals surface area contributed by atoms with E-state index in [4.69, 9.17) is 37.0 Å². The molecule has 0 aliphatic carbocycles. The molecule has 19 heteroatoms. The van der Waals surface area contributed by atoms with Gasteiger partial charge in [-0.15, -0.1) is 0 Å². The molecule has 0 bridgehead atoms. The molecule has 0 rings (SSSR count).